The molecule has 0 fully saturated rings. The van der Waals surface area contributed by atoms with Gasteiger partial charge in [0.05, 0.1) is 13.2 Å². The van der Waals surface area contributed by atoms with E-state index in [1.165, 1.54) is 5.56 Å². The van der Waals surface area contributed by atoms with E-state index in [0.717, 1.165) is 25.1 Å². The normalized spacial score (nSPS) is 12.6. The fourth-order valence-corrected chi connectivity index (χ4v) is 2.26. The Morgan fingerprint density at radius 3 is 2.38 bits per heavy atom. The summed E-state index contributed by atoms with van der Waals surface area (Å²) < 4.78 is 16.8. The molecule has 1 N–H and O–H groups in total. The van der Waals surface area contributed by atoms with Crippen LogP contribution in [0.3, 0.4) is 0 Å². The maximum Gasteiger partial charge on any atom is 0.172 e. The Kier molecular flexibility index (Phi) is 9.06. The summed E-state index contributed by atoms with van der Waals surface area (Å²) >= 11 is 0. The Morgan fingerprint density at radius 1 is 1.10 bits per heavy atom. The van der Waals surface area contributed by atoms with Crippen molar-refractivity contribution in [1.29, 1.82) is 0 Å². The molecule has 1 aromatic carbocycles. The predicted octanol–water partition coefficient (Wildman–Crippen LogP) is 3.01. The van der Waals surface area contributed by atoms with Crippen LogP contribution in [-0.2, 0) is 15.9 Å². The molecule has 1 unspecified atom stereocenters. The Balaban J connectivity index is 2.78. The van der Waals surface area contributed by atoms with Crippen molar-refractivity contribution in [1.82, 2.24) is 5.32 Å². The van der Waals surface area contributed by atoms with Gasteiger partial charge >= 0.3 is 0 Å². The molecule has 0 amide bonds. The molecule has 21 heavy (non-hydrogen) atoms. The van der Waals surface area contributed by atoms with E-state index in [0.29, 0.717) is 13.2 Å². The third-order valence-electron chi connectivity index (χ3n) is 3.24. The van der Waals surface area contributed by atoms with Gasteiger partial charge in [-0.25, -0.2) is 0 Å². The molecule has 0 aliphatic rings. The van der Waals surface area contributed by atoms with E-state index >= 15 is 0 Å². The summed E-state index contributed by atoms with van der Waals surface area (Å²) in [5, 5.41) is 3.53. The summed E-state index contributed by atoms with van der Waals surface area (Å²) in [6.45, 7) is 8.39. The largest absolute Gasteiger partial charge is 0.497 e. The molecule has 0 aliphatic heterocycles. The third kappa shape index (κ3) is 6.46. The van der Waals surface area contributed by atoms with E-state index < -0.39 is 0 Å². The number of rotatable bonds is 11. The lowest BCUT2D eigenvalue weighted by molar-refractivity contribution is -0.153. The monoisotopic (exact) mass is 295 g/mol. The van der Waals surface area contributed by atoms with Gasteiger partial charge in [0.1, 0.15) is 5.75 Å². The second-order valence-electron chi connectivity index (χ2n) is 4.90. The van der Waals surface area contributed by atoms with Gasteiger partial charge < -0.3 is 19.5 Å². The van der Waals surface area contributed by atoms with Gasteiger partial charge in [-0.15, -0.1) is 0 Å². The number of hydrogen-bond donors (Lipinski definition) is 1. The molecule has 120 valence electrons. The van der Waals surface area contributed by atoms with Crippen molar-refractivity contribution < 1.29 is 14.2 Å². The van der Waals surface area contributed by atoms with Gasteiger partial charge in [0.15, 0.2) is 6.29 Å². The topological polar surface area (TPSA) is 39.7 Å². The van der Waals surface area contributed by atoms with Crippen molar-refractivity contribution in [2.45, 2.75) is 45.9 Å². The number of nitrogens with one attached hydrogen (secondary N) is 1. The zero-order valence-electron chi connectivity index (χ0n) is 13.7. The van der Waals surface area contributed by atoms with Crippen LogP contribution in [0.2, 0.25) is 0 Å². The highest BCUT2D eigenvalue weighted by Gasteiger charge is 2.22. The summed E-state index contributed by atoms with van der Waals surface area (Å²) in [6, 6.07) is 8.28. The Hall–Kier alpha value is -1.10. The first-order valence-electron chi connectivity index (χ1n) is 7.84. The summed E-state index contributed by atoms with van der Waals surface area (Å²) in [5.41, 5.74) is 1.22. The molecule has 0 spiro atoms. The zero-order chi connectivity index (χ0) is 15.5. The number of benzene rings is 1. The lowest BCUT2D eigenvalue weighted by atomic mass is 10.0. The van der Waals surface area contributed by atoms with Crippen molar-refractivity contribution in [3.05, 3.63) is 29.8 Å². The molecule has 4 heteroatoms. The van der Waals surface area contributed by atoms with Crippen LogP contribution in [0, 0.1) is 0 Å². The first kappa shape index (κ1) is 18.0. The molecule has 0 aromatic heterocycles. The lowest BCUT2D eigenvalue weighted by Crippen LogP contribution is -2.45. The molecule has 4 nitrogen and oxygen atoms in total. The van der Waals surface area contributed by atoms with Gasteiger partial charge in [0.2, 0.25) is 0 Å². The molecule has 0 saturated carbocycles. The molecule has 0 bridgehead atoms. The minimum atomic E-state index is -0.224. The average Bonchev–Trinajstić information content (AvgIpc) is 2.51. The SMILES string of the molecule is CCCNC(Cc1cccc(OC)c1)C(OCC)OCC. The third-order valence-corrected chi connectivity index (χ3v) is 3.24. The van der Waals surface area contributed by atoms with Gasteiger partial charge in [-0.05, 0) is 50.9 Å². The van der Waals surface area contributed by atoms with Gasteiger partial charge in [-0.1, -0.05) is 19.1 Å². The molecule has 0 saturated heterocycles. The van der Waals surface area contributed by atoms with Gasteiger partial charge in [0.25, 0.3) is 0 Å². The summed E-state index contributed by atoms with van der Waals surface area (Å²) in [7, 11) is 1.69. The predicted molar refractivity (Wildman–Crippen MR) is 85.8 cm³/mol. The van der Waals surface area contributed by atoms with E-state index in [4.69, 9.17) is 14.2 Å². The van der Waals surface area contributed by atoms with E-state index in [9.17, 15) is 0 Å². The number of ether oxygens (including phenoxy) is 3. The smallest absolute Gasteiger partial charge is 0.172 e. The molecule has 0 heterocycles. The van der Waals surface area contributed by atoms with E-state index in [-0.39, 0.29) is 12.3 Å². The average molecular weight is 295 g/mol. The van der Waals surface area contributed by atoms with Crippen LogP contribution >= 0.6 is 0 Å². The fourth-order valence-electron chi connectivity index (χ4n) is 2.26. The number of hydrogen-bond acceptors (Lipinski definition) is 4. The molecule has 1 aromatic rings. The van der Waals surface area contributed by atoms with Gasteiger partial charge in [0, 0.05) is 13.2 Å². The second-order valence-corrected chi connectivity index (χ2v) is 4.90. The molecule has 0 aliphatic carbocycles. The van der Waals surface area contributed by atoms with Crippen LogP contribution in [0.4, 0.5) is 0 Å². The first-order valence-corrected chi connectivity index (χ1v) is 7.84. The van der Waals surface area contributed by atoms with Crippen molar-refractivity contribution in [2.75, 3.05) is 26.9 Å². The standard InChI is InChI=1S/C17H29NO3/c1-5-11-18-16(17(20-6-2)21-7-3)13-14-9-8-10-15(12-14)19-4/h8-10,12,16-18H,5-7,11,13H2,1-4H3. The first-order chi connectivity index (χ1) is 10.2. The highest BCUT2D eigenvalue weighted by Crippen LogP contribution is 2.16. The quantitative estimate of drug-likeness (QED) is 0.637. The van der Waals surface area contributed by atoms with Gasteiger partial charge in [-0.3, -0.25) is 0 Å². The van der Waals surface area contributed by atoms with E-state index in [1.54, 1.807) is 7.11 Å². The van der Waals surface area contributed by atoms with Crippen LogP contribution in [0.15, 0.2) is 24.3 Å². The zero-order valence-corrected chi connectivity index (χ0v) is 13.7. The minimum absolute atomic E-state index is 0.136. The molecule has 1 atom stereocenters. The number of methoxy groups -OCH3 is 1. The van der Waals surface area contributed by atoms with Crippen molar-refractivity contribution in [3.63, 3.8) is 0 Å². The van der Waals surface area contributed by atoms with Crippen molar-refractivity contribution >= 4 is 0 Å². The molecule has 0 radical (unpaired) electrons. The minimum Gasteiger partial charge on any atom is -0.497 e. The van der Waals surface area contributed by atoms with Crippen LogP contribution in [0.25, 0.3) is 0 Å². The van der Waals surface area contributed by atoms with Crippen molar-refractivity contribution in [3.8, 4) is 5.75 Å². The van der Waals surface area contributed by atoms with Crippen LogP contribution in [0.5, 0.6) is 5.75 Å². The summed E-state index contributed by atoms with van der Waals surface area (Å²) in [6.07, 6.45) is 1.71. The van der Waals surface area contributed by atoms with Crippen LogP contribution < -0.4 is 10.1 Å². The van der Waals surface area contributed by atoms with Gasteiger partial charge in [-0.2, -0.15) is 0 Å². The van der Waals surface area contributed by atoms with Crippen LogP contribution in [-0.4, -0.2) is 39.2 Å². The molecular formula is C17H29NO3. The fraction of sp³-hybridized carbons (Fsp3) is 0.647. The lowest BCUT2D eigenvalue weighted by Gasteiger charge is -2.28. The maximum absolute atomic E-state index is 5.75. The Morgan fingerprint density at radius 2 is 1.81 bits per heavy atom. The molecular weight excluding hydrogens is 266 g/mol. The molecule has 1 rings (SSSR count). The Labute approximate surface area is 128 Å². The maximum atomic E-state index is 5.75. The second kappa shape index (κ2) is 10.6. The highest BCUT2D eigenvalue weighted by molar-refractivity contribution is 5.29. The van der Waals surface area contributed by atoms with E-state index in [2.05, 4.69) is 24.4 Å². The summed E-state index contributed by atoms with van der Waals surface area (Å²) in [4.78, 5) is 0. The summed E-state index contributed by atoms with van der Waals surface area (Å²) in [5.74, 6) is 0.881. The Bertz CT molecular complexity index is 378. The highest BCUT2D eigenvalue weighted by atomic mass is 16.7. The van der Waals surface area contributed by atoms with E-state index in [1.807, 2.05) is 26.0 Å². The van der Waals surface area contributed by atoms with Crippen molar-refractivity contribution in [2.24, 2.45) is 0 Å². The van der Waals surface area contributed by atoms with Crippen LogP contribution in [0.1, 0.15) is 32.8 Å².